The second kappa shape index (κ2) is 9.30. The summed E-state index contributed by atoms with van der Waals surface area (Å²) in [6.45, 7) is 0.349. The zero-order chi connectivity index (χ0) is 17.4. The van der Waals surface area contributed by atoms with Crippen molar-refractivity contribution in [3.8, 4) is 5.75 Å². The Balaban J connectivity index is 1.72. The Kier molecular flexibility index (Phi) is 7.08. The van der Waals surface area contributed by atoms with E-state index < -0.39 is 5.97 Å². The van der Waals surface area contributed by atoms with E-state index in [9.17, 15) is 9.59 Å². The number of carbonyl (C=O) groups excluding carboxylic acids is 1. The Morgan fingerprint density at radius 3 is 2.58 bits per heavy atom. The number of thiophene rings is 1. The van der Waals surface area contributed by atoms with Crippen molar-refractivity contribution in [2.24, 2.45) is 0 Å². The average Bonchev–Trinajstić information content (AvgIpc) is 2.96. The SMILES string of the molecule is O=C(O)CCCOc1ccc(NC(=O)CCc2cc(Cl)cs2)cc1. The van der Waals surface area contributed by atoms with Gasteiger partial charge in [-0.2, -0.15) is 0 Å². The van der Waals surface area contributed by atoms with E-state index in [1.54, 1.807) is 35.6 Å². The molecule has 0 bridgehead atoms. The number of ether oxygens (including phenoxy) is 1. The van der Waals surface area contributed by atoms with Crippen LogP contribution >= 0.6 is 22.9 Å². The van der Waals surface area contributed by atoms with Crippen molar-refractivity contribution in [1.29, 1.82) is 0 Å². The third-order valence-electron chi connectivity index (χ3n) is 3.16. The Morgan fingerprint density at radius 1 is 1.21 bits per heavy atom. The molecule has 1 aromatic heterocycles. The number of carbonyl (C=O) groups is 2. The zero-order valence-electron chi connectivity index (χ0n) is 13.0. The molecule has 2 rings (SSSR count). The molecule has 0 aliphatic rings. The molecule has 1 heterocycles. The van der Waals surface area contributed by atoms with Crippen LogP contribution in [0.25, 0.3) is 0 Å². The molecule has 0 fully saturated rings. The quantitative estimate of drug-likeness (QED) is 0.651. The van der Waals surface area contributed by atoms with E-state index in [2.05, 4.69) is 5.32 Å². The number of hydrogen-bond donors (Lipinski definition) is 2. The van der Waals surface area contributed by atoms with E-state index in [0.717, 1.165) is 4.88 Å². The minimum atomic E-state index is -0.832. The van der Waals surface area contributed by atoms with Crippen LogP contribution in [-0.2, 0) is 16.0 Å². The fourth-order valence-electron chi connectivity index (χ4n) is 1.99. The molecule has 0 aliphatic carbocycles. The lowest BCUT2D eigenvalue weighted by Crippen LogP contribution is -2.12. The maximum atomic E-state index is 11.9. The van der Waals surface area contributed by atoms with Gasteiger partial charge in [0.25, 0.3) is 0 Å². The number of anilines is 1. The van der Waals surface area contributed by atoms with Gasteiger partial charge in [0.1, 0.15) is 5.75 Å². The molecule has 0 spiro atoms. The lowest BCUT2D eigenvalue weighted by molar-refractivity contribution is -0.137. The van der Waals surface area contributed by atoms with Gasteiger partial charge in [0.2, 0.25) is 5.91 Å². The number of rotatable bonds is 9. The summed E-state index contributed by atoms with van der Waals surface area (Å²) in [5.74, 6) is -0.247. The Hall–Kier alpha value is -2.05. The molecular weight excluding hydrogens is 350 g/mol. The molecule has 128 valence electrons. The Morgan fingerprint density at radius 2 is 1.96 bits per heavy atom. The van der Waals surface area contributed by atoms with Gasteiger partial charge in [0.15, 0.2) is 0 Å². The molecule has 0 saturated carbocycles. The van der Waals surface area contributed by atoms with Crippen LogP contribution in [0.2, 0.25) is 5.02 Å². The Bertz CT molecular complexity index is 684. The van der Waals surface area contributed by atoms with Crippen LogP contribution < -0.4 is 10.1 Å². The minimum Gasteiger partial charge on any atom is -0.494 e. The third kappa shape index (κ3) is 6.60. The molecule has 1 amide bonds. The number of carboxylic acid groups (broad SMARTS) is 1. The van der Waals surface area contributed by atoms with Crippen molar-refractivity contribution in [2.45, 2.75) is 25.7 Å². The summed E-state index contributed by atoms with van der Waals surface area (Å²) in [6.07, 6.45) is 1.60. The van der Waals surface area contributed by atoms with Crippen LogP contribution in [0, 0.1) is 0 Å². The summed E-state index contributed by atoms with van der Waals surface area (Å²) in [6, 6.07) is 8.87. The van der Waals surface area contributed by atoms with Gasteiger partial charge in [-0.25, -0.2) is 0 Å². The largest absolute Gasteiger partial charge is 0.494 e. The summed E-state index contributed by atoms with van der Waals surface area (Å²) >= 11 is 7.40. The highest BCUT2D eigenvalue weighted by molar-refractivity contribution is 7.10. The van der Waals surface area contributed by atoms with Crippen molar-refractivity contribution in [2.75, 3.05) is 11.9 Å². The first-order valence-corrected chi connectivity index (χ1v) is 8.76. The van der Waals surface area contributed by atoms with E-state index in [1.165, 1.54) is 0 Å². The van der Waals surface area contributed by atoms with Crippen LogP contribution in [-0.4, -0.2) is 23.6 Å². The Labute approximate surface area is 149 Å². The van der Waals surface area contributed by atoms with Gasteiger partial charge >= 0.3 is 5.97 Å². The first-order chi connectivity index (χ1) is 11.5. The van der Waals surface area contributed by atoms with Gasteiger partial charge in [-0.05, 0) is 43.2 Å². The lowest BCUT2D eigenvalue weighted by Gasteiger charge is -2.08. The van der Waals surface area contributed by atoms with Gasteiger partial charge in [-0.3, -0.25) is 9.59 Å². The van der Waals surface area contributed by atoms with Gasteiger partial charge in [0.05, 0.1) is 11.6 Å². The number of amides is 1. The van der Waals surface area contributed by atoms with E-state index in [1.807, 2.05) is 11.4 Å². The molecule has 0 atom stereocenters. The predicted molar refractivity (Wildman–Crippen MR) is 95.1 cm³/mol. The van der Waals surface area contributed by atoms with Crippen LogP contribution in [0.15, 0.2) is 35.7 Å². The predicted octanol–water partition coefficient (Wildman–Crippen LogP) is 4.22. The number of halogens is 1. The summed E-state index contributed by atoms with van der Waals surface area (Å²) in [5, 5.41) is 13.9. The summed E-state index contributed by atoms with van der Waals surface area (Å²) < 4.78 is 5.44. The molecule has 24 heavy (non-hydrogen) atoms. The van der Waals surface area contributed by atoms with Crippen molar-refractivity contribution in [3.63, 3.8) is 0 Å². The topological polar surface area (TPSA) is 75.6 Å². The highest BCUT2D eigenvalue weighted by Crippen LogP contribution is 2.21. The summed E-state index contributed by atoms with van der Waals surface area (Å²) in [7, 11) is 0. The summed E-state index contributed by atoms with van der Waals surface area (Å²) in [4.78, 5) is 23.4. The molecule has 0 unspecified atom stereocenters. The van der Waals surface area contributed by atoms with Crippen LogP contribution in [0.3, 0.4) is 0 Å². The highest BCUT2D eigenvalue weighted by atomic mass is 35.5. The highest BCUT2D eigenvalue weighted by Gasteiger charge is 2.05. The molecule has 2 N–H and O–H groups in total. The van der Waals surface area contributed by atoms with E-state index >= 15 is 0 Å². The minimum absolute atomic E-state index is 0.0605. The number of hydrogen-bond acceptors (Lipinski definition) is 4. The molecule has 0 saturated heterocycles. The van der Waals surface area contributed by atoms with Crippen LogP contribution in [0.1, 0.15) is 24.1 Å². The molecule has 1 aromatic carbocycles. The van der Waals surface area contributed by atoms with Gasteiger partial charge in [-0.1, -0.05) is 11.6 Å². The monoisotopic (exact) mass is 367 g/mol. The molecule has 0 aliphatic heterocycles. The molecule has 5 nitrogen and oxygen atoms in total. The van der Waals surface area contributed by atoms with Crippen LogP contribution in [0.5, 0.6) is 5.75 Å². The first kappa shape index (κ1) is 18.3. The van der Waals surface area contributed by atoms with Crippen molar-refractivity contribution >= 4 is 40.5 Å². The molecule has 7 heteroatoms. The van der Waals surface area contributed by atoms with E-state index in [-0.39, 0.29) is 12.3 Å². The molecule has 2 aromatic rings. The van der Waals surface area contributed by atoms with E-state index in [0.29, 0.717) is 42.3 Å². The van der Waals surface area contributed by atoms with Crippen molar-refractivity contribution < 1.29 is 19.4 Å². The zero-order valence-corrected chi connectivity index (χ0v) is 14.5. The number of carboxylic acids is 1. The summed E-state index contributed by atoms with van der Waals surface area (Å²) in [5.41, 5.74) is 0.696. The van der Waals surface area contributed by atoms with Crippen molar-refractivity contribution in [1.82, 2.24) is 0 Å². The lowest BCUT2D eigenvalue weighted by atomic mass is 10.2. The second-order valence-corrected chi connectivity index (χ2v) is 6.58. The third-order valence-corrected chi connectivity index (χ3v) is 4.51. The standard InChI is InChI=1S/C17H18ClNO4S/c18-12-10-15(24-11-12)7-8-16(20)19-13-3-5-14(6-4-13)23-9-1-2-17(21)22/h3-6,10-11H,1-2,7-9H2,(H,19,20)(H,21,22). The van der Waals surface area contributed by atoms with Gasteiger partial charge in [0, 0.05) is 28.8 Å². The fourth-order valence-corrected chi connectivity index (χ4v) is 3.07. The maximum absolute atomic E-state index is 11.9. The number of aryl methyl sites for hydroxylation is 1. The van der Waals surface area contributed by atoms with E-state index in [4.69, 9.17) is 21.4 Å². The fraction of sp³-hybridized carbons (Fsp3) is 0.294. The number of aliphatic carboxylic acids is 1. The van der Waals surface area contributed by atoms with Crippen molar-refractivity contribution in [3.05, 3.63) is 45.6 Å². The average molecular weight is 368 g/mol. The second-order valence-electron chi connectivity index (χ2n) is 5.15. The molecule has 0 radical (unpaired) electrons. The molecular formula is C17H18ClNO4S. The van der Waals surface area contributed by atoms with Gasteiger partial charge < -0.3 is 15.2 Å². The van der Waals surface area contributed by atoms with Crippen LogP contribution in [0.4, 0.5) is 5.69 Å². The normalized spacial score (nSPS) is 10.4. The van der Waals surface area contributed by atoms with Gasteiger partial charge in [-0.15, -0.1) is 11.3 Å². The maximum Gasteiger partial charge on any atom is 0.303 e. The first-order valence-electron chi connectivity index (χ1n) is 7.50. The smallest absolute Gasteiger partial charge is 0.303 e. The number of nitrogens with one attached hydrogen (secondary N) is 1. The number of benzene rings is 1.